The first kappa shape index (κ1) is 92.1. The molecule has 0 aromatic carbocycles. The zero-order chi connectivity index (χ0) is 69.6. The number of ether oxygens (including phenoxy) is 4. The third-order valence-corrected chi connectivity index (χ3v) is 19.2. The molecule has 0 aliphatic heterocycles. The summed E-state index contributed by atoms with van der Waals surface area (Å²) in [4.78, 5) is 72.7. The molecule has 17 nitrogen and oxygen atoms in total. The Morgan fingerprint density at radius 1 is 0.266 bits per heavy atom. The number of aliphatic hydroxyl groups is 1. The van der Waals surface area contributed by atoms with Crippen LogP contribution in [0.2, 0.25) is 0 Å². The second kappa shape index (κ2) is 64.4. The highest BCUT2D eigenvalue weighted by atomic mass is 31.2. The molecule has 0 rings (SSSR count). The van der Waals surface area contributed by atoms with Crippen molar-refractivity contribution in [2.24, 2.45) is 23.7 Å². The highest BCUT2D eigenvalue weighted by Crippen LogP contribution is 2.45. The number of aliphatic hydroxyl groups excluding tert-OH is 1. The zero-order valence-corrected chi connectivity index (χ0v) is 63.4. The van der Waals surface area contributed by atoms with Gasteiger partial charge in [0, 0.05) is 25.7 Å². The van der Waals surface area contributed by atoms with Crippen molar-refractivity contribution in [1.29, 1.82) is 0 Å². The van der Waals surface area contributed by atoms with E-state index in [1.54, 1.807) is 0 Å². The number of hydrogen-bond donors (Lipinski definition) is 3. The molecule has 94 heavy (non-hydrogen) atoms. The highest BCUT2D eigenvalue weighted by molar-refractivity contribution is 7.47. The van der Waals surface area contributed by atoms with E-state index in [0.29, 0.717) is 31.6 Å². The van der Waals surface area contributed by atoms with E-state index in [9.17, 15) is 43.2 Å². The van der Waals surface area contributed by atoms with Crippen LogP contribution in [0.5, 0.6) is 0 Å². The number of rotatable bonds is 72. The number of hydrogen-bond acceptors (Lipinski definition) is 15. The lowest BCUT2D eigenvalue weighted by Crippen LogP contribution is -2.30. The van der Waals surface area contributed by atoms with Gasteiger partial charge in [0.1, 0.15) is 19.3 Å². The summed E-state index contributed by atoms with van der Waals surface area (Å²) in [5.74, 6) is 0.882. The average molecular weight is 1380 g/mol. The summed E-state index contributed by atoms with van der Waals surface area (Å²) in [7, 11) is -9.91. The lowest BCUT2D eigenvalue weighted by Gasteiger charge is -2.21. The second-order valence-corrected chi connectivity index (χ2v) is 31.9. The van der Waals surface area contributed by atoms with Gasteiger partial charge in [-0.3, -0.25) is 37.3 Å². The largest absolute Gasteiger partial charge is 0.472 e. The second-order valence-electron chi connectivity index (χ2n) is 28.9. The highest BCUT2D eigenvalue weighted by Gasteiger charge is 2.30. The molecule has 0 aromatic rings. The normalized spacial score (nSPS) is 14.2. The molecule has 0 heterocycles. The first-order valence-corrected chi connectivity index (χ1v) is 41.7. The molecule has 0 aromatic heterocycles. The van der Waals surface area contributed by atoms with Gasteiger partial charge in [0.05, 0.1) is 26.4 Å². The van der Waals surface area contributed by atoms with Crippen molar-refractivity contribution in [1.82, 2.24) is 0 Å². The molecule has 0 saturated heterocycles. The minimum atomic E-state index is -4.96. The molecule has 3 unspecified atom stereocenters. The third kappa shape index (κ3) is 68.6. The summed E-state index contributed by atoms with van der Waals surface area (Å²) in [5.41, 5.74) is 0. The maximum atomic E-state index is 13.1. The topological polar surface area (TPSA) is 237 Å². The summed E-state index contributed by atoms with van der Waals surface area (Å²) in [6, 6.07) is 0. The SMILES string of the molecule is CC(C)CCCCCCCCCCCCCCCCCC(=O)O[C@H](COC(=O)CCCCCCCCCCCCCCC(C)C)COP(=O)(O)OCC(O)COP(=O)(O)OC[C@@H](COC(=O)CCCCCCCCCCC(C)C)OC(=O)CCCCCCCCCC(C)C. The summed E-state index contributed by atoms with van der Waals surface area (Å²) in [6.45, 7) is 14.1. The van der Waals surface area contributed by atoms with Gasteiger partial charge in [-0.2, -0.15) is 0 Å². The van der Waals surface area contributed by atoms with Crippen molar-refractivity contribution in [2.45, 2.75) is 395 Å². The minimum absolute atomic E-state index is 0.103. The van der Waals surface area contributed by atoms with Crippen molar-refractivity contribution in [3.8, 4) is 0 Å². The molecule has 0 aliphatic rings. The Labute approximate surface area is 575 Å². The fourth-order valence-electron chi connectivity index (χ4n) is 11.4. The van der Waals surface area contributed by atoms with Gasteiger partial charge in [-0.15, -0.1) is 0 Å². The molecule has 0 spiro atoms. The molecule has 0 aliphatic carbocycles. The van der Waals surface area contributed by atoms with Gasteiger partial charge in [-0.25, -0.2) is 9.13 Å². The minimum Gasteiger partial charge on any atom is -0.462 e. The number of carbonyl (C=O) groups excluding carboxylic acids is 4. The van der Waals surface area contributed by atoms with Crippen molar-refractivity contribution in [3.63, 3.8) is 0 Å². The molecule has 0 radical (unpaired) electrons. The van der Waals surface area contributed by atoms with Gasteiger partial charge >= 0.3 is 39.5 Å². The van der Waals surface area contributed by atoms with E-state index in [-0.39, 0.29) is 25.7 Å². The molecule has 558 valence electrons. The molecule has 0 fully saturated rings. The summed E-state index contributed by atoms with van der Waals surface area (Å²) in [6.07, 6.45) is 48.7. The van der Waals surface area contributed by atoms with Crippen molar-refractivity contribution in [2.75, 3.05) is 39.6 Å². The van der Waals surface area contributed by atoms with Crippen LogP contribution in [0.3, 0.4) is 0 Å². The van der Waals surface area contributed by atoms with Crippen molar-refractivity contribution < 1.29 is 80.2 Å². The van der Waals surface area contributed by atoms with Crippen molar-refractivity contribution in [3.05, 3.63) is 0 Å². The number of carbonyl (C=O) groups is 4. The Balaban J connectivity index is 5.24. The first-order chi connectivity index (χ1) is 45.1. The fourth-order valence-corrected chi connectivity index (χ4v) is 13.0. The van der Waals surface area contributed by atoms with Crippen LogP contribution in [0.1, 0.15) is 376 Å². The molecule has 0 amide bonds. The number of esters is 4. The standard InChI is InChI=1S/C75H146O17P2/c1-65(2)51-43-35-27-20-16-12-10-9-11-13-19-23-33-41-49-57-74(79)91-70(61-85-72(77)55-47-39-31-22-18-15-14-17-21-28-36-44-52-66(3)4)63-89-93(81,82)87-59-69(76)60-88-94(83,84)90-64-71(92-75(80)58-50-42-34-26-30-38-46-54-68(7)8)62-86-73(78)56-48-40-32-25-24-29-37-45-53-67(5)6/h65-71,76H,9-64H2,1-8H3,(H,81,82)(H,83,84)/t69?,70-,71-/m1/s1. The van der Waals surface area contributed by atoms with Crippen molar-refractivity contribution >= 4 is 39.5 Å². The van der Waals surface area contributed by atoms with Gasteiger partial charge in [-0.05, 0) is 49.4 Å². The molecule has 3 N–H and O–H groups in total. The quantitative estimate of drug-likeness (QED) is 0.0222. The first-order valence-electron chi connectivity index (χ1n) is 38.7. The van der Waals surface area contributed by atoms with E-state index in [4.69, 9.17) is 37.0 Å². The van der Waals surface area contributed by atoms with E-state index in [2.05, 4.69) is 55.4 Å². The molecular formula is C75H146O17P2. The van der Waals surface area contributed by atoms with Crippen LogP contribution in [0.25, 0.3) is 0 Å². The number of phosphoric ester groups is 2. The summed E-state index contributed by atoms with van der Waals surface area (Å²) < 4.78 is 68.5. The third-order valence-electron chi connectivity index (χ3n) is 17.3. The fraction of sp³-hybridized carbons (Fsp3) is 0.947. The van der Waals surface area contributed by atoms with E-state index < -0.39 is 97.5 Å². The Bertz CT molecular complexity index is 1850. The Hall–Kier alpha value is -1.94. The number of phosphoric acid groups is 2. The Morgan fingerprint density at radius 2 is 0.447 bits per heavy atom. The maximum Gasteiger partial charge on any atom is 0.472 e. The van der Waals surface area contributed by atoms with Crippen LogP contribution in [-0.4, -0.2) is 96.7 Å². The van der Waals surface area contributed by atoms with E-state index in [1.807, 2.05) is 0 Å². The molecule has 19 heteroatoms. The molecule has 0 bridgehead atoms. The van der Waals surface area contributed by atoms with Gasteiger partial charge in [0.2, 0.25) is 0 Å². The van der Waals surface area contributed by atoms with Crippen LogP contribution in [0.15, 0.2) is 0 Å². The van der Waals surface area contributed by atoms with E-state index in [1.165, 1.54) is 180 Å². The predicted octanol–water partition coefficient (Wildman–Crippen LogP) is 21.7. The summed E-state index contributed by atoms with van der Waals surface area (Å²) in [5, 5.41) is 10.6. The van der Waals surface area contributed by atoms with Crippen LogP contribution < -0.4 is 0 Å². The van der Waals surface area contributed by atoms with Crippen LogP contribution in [-0.2, 0) is 65.4 Å². The molecule has 0 saturated carbocycles. The Kier molecular flexibility index (Phi) is 63.1. The molecular weight excluding hydrogens is 1230 g/mol. The van der Waals surface area contributed by atoms with Gasteiger partial charge < -0.3 is 33.8 Å². The van der Waals surface area contributed by atoms with Crippen LogP contribution >= 0.6 is 15.6 Å². The van der Waals surface area contributed by atoms with Gasteiger partial charge in [0.15, 0.2) is 12.2 Å². The van der Waals surface area contributed by atoms with Gasteiger partial charge in [0.25, 0.3) is 0 Å². The predicted molar refractivity (Wildman–Crippen MR) is 381 cm³/mol. The summed E-state index contributed by atoms with van der Waals surface area (Å²) >= 11 is 0. The number of unbranched alkanes of at least 4 members (excludes halogenated alkanes) is 38. The lowest BCUT2D eigenvalue weighted by atomic mass is 10.0. The average Bonchev–Trinajstić information content (AvgIpc) is 1.67. The van der Waals surface area contributed by atoms with Crippen LogP contribution in [0.4, 0.5) is 0 Å². The maximum absolute atomic E-state index is 13.1. The van der Waals surface area contributed by atoms with E-state index >= 15 is 0 Å². The smallest absolute Gasteiger partial charge is 0.462 e. The van der Waals surface area contributed by atoms with E-state index in [0.717, 1.165) is 108 Å². The zero-order valence-electron chi connectivity index (χ0n) is 61.6. The molecule has 5 atom stereocenters. The van der Waals surface area contributed by atoms with Crippen LogP contribution in [0, 0.1) is 23.7 Å². The lowest BCUT2D eigenvalue weighted by molar-refractivity contribution is -0.161. The van der Waals surface area contributed by atoms with Gasteiger partial charge in [-0.1, -0.05) is 325 Å². The monoisotopic (exact) mass is 1380 g/mol. The Morgan fingerprint density at radius 3 is 0.660 bits per heavy atom.